The first-order valence-corrected chi connectivity index (χ1v) is 6.86. The first-order chi connectivity index (χ1) is 9.47. The number of halogens is 4. The highest BCUT2D eigenvalue weighted by atomic mass is 32.1. The highest BCUT2D eigenvalue weighted by molar-refractivity contribution is 7.15. The Hall–Kier alpha value is -1.63. The standard InChI is InChI=1S/C13H10F4N2S/c14-7-4-8(15)11(17)6(10(7)16)3-9-12(5-1-2-5)19-13(18)20-9/h4-5H,1-3H2,(H2,18,19). The lowest BCUT2D eigenvalue weighted by Crippen LogP contribution is -2.04. The molecule has 2 nitrogen and oxygen atoms in total. The van der Waals surface area contributed by atoms with Crippen LogP contribution in [-0.4, -0.2) is 4.98 Å². The van der Waals surface area contributed by atoms with Gasteiger partial charge in [-0.15, -0.1) is 11.3 Å². The van der Waals surface area contributed by atoms with E-state index in [-0.39, 0.29) is 18.4 Å². The van der Waals surface area contributed by atoms with Crippen LogP contribution in [0.4, 0.5) is 22.7 Å². The Balaban J connectivity index is 2.03. The number of nitrogens with two attached hydrogens (primary N) is 1. The summed E-state index contributed by atoms with van der Waals surface area (Å²) in [6.07, 6.45) is 1.64. The van der Waals surface area contributed by atoms with Gasteiger partial charge in [-0.3, -0.25) is 0 Å². The third-order valence-electron chi connectivity index (χ3n) is 3.25. The molecule has 106 valence electrons. The van der Waals surface area contributed by atoms with Crippen LogP contribution in [0, 0.1) is 23.3 Å². The summed E-state index contributed by atoms with van der Waals surface area (Å²) in [6.45, 7) is 0. The fourth-order valence-electron chi connectivity index (χ4n) is 2.12. The fourth-order valence-corrected chi connectivity index (χ4v) is 3.05. The first-order valence-electron chi connectivity index (χ1n) is 6.04. The summed E-state index contributed by atoms with van der Waals surface area (Å²) in [5.41, 5.74) is 5.68. The number of aromatic nitrogens is 1. The van der Waals surface area contributed by atoms with E-state index in [2.05, 4.69) is 4.98 Å². The topological polar surface area (TPSA) is 38.9 Å². The van der Waals surface area contributed by atoms with Crippen molar-refractivity contribution in [3.8, 4) is 0 Å². The second-order valence-electron chi connectivity index (χ2n) is 4.76. The minimum Gasteiger partial charge on any atom is -0.375 e. The van der Waals surface area contributed by atoms with Crippen LogP contribution in [0.3, 0.4) is 0 Å². The Morgan fingerprint density at radius 1 is 1.15 bits per heavy atom. The normalized spacial score (nSPS) is 14.8. The van der Waals surface area contributed by atoms with Crippen molar-refractivity contribution in [3.05, 3.63) is 45.5 Å². The van der Waals surface area contributed by atoms with Crippen molar-refractivity contribution < 1.29 is 17.6 Å². The number of hydrogen-bond acceptors (Lipinski definition) is 3. The Kier molecular flexibility index (Phi) is 3.16. The maximum Gasteiger partial charge on any atom is 0.180 e. The molecule has 0 radical (unpaired) electrons. The molecule has 1 heterocycles. The third kappa shape index (κ3) is 2.26. The van der Waals surface area contributed by atoms with Gasteiger partial charge < -0.3 is 5.73 Å². The van der Waals surface area contributed by atoms with E-state index in [1.54, 1.807) is 0 Å². The lowest BCUT2D eigenvalue weighted by molar-refractivity contribution is 0.442. The molecule has 1 saturated carbocycles. The summed E-state index contributed by atoms with van der Waals surface area (Å²) in [4.78, 5) is 4.70. The number of nitrogen functional groups attached to an aromatic ring is 1. The largest absolute Gasteiger partial charge is 0.375 e. The molecule has 20 heavy (non-hydrogen) atoms. The second-order valence-corrected chi connectivity index (χ2v) is 5.87. The highest BCUT2D eigenvalue weighted by Gasteiger charge is 2.30. The fraction of sp³-hybridized carbons (Fsp3) is 0.308. The maximum atomic E-state index is 13.7. The molecule has 0 atom stereocenters. The van der Waals surface area contributed by atoms with Crippen molar-refractivity contribution in [1.29, 1.82) is 0 Å². The van der Waals surface area contributed by atoms with Gasteiger partial charge in [0, 0.05) is 28.8 Å². The monoisotopic (exact) mass is 302 g/mol. The van der Waals surface area contributed by atoms with Gasteiger partial charge in [-0.25, -0.2) is 22.5 Å². The van der Waals surface area contributed by atoms with Crippen LogP contribution in [0.1, 0.15) is 34.9 Å². The molecule has 1 aliphatic carbocycles. The first kappa shape index (κ1) is 13.4. The Bertz CT molecular complexity index is 653. The Labute approximate surface area is 116 Å². The molecule has 0 bridgehead atoms. The van der Waals surface area contributed by atoms with Crippen LogP contribution in [0.15, 0.2) is 6.07 Å². The molecule has 1 aliphatic rings. The number of hydrogen-bond donors (Lipinski definition) is 1. The summed E-state index contributed by atoms with van der Waals surface area (Å²) in [7, 11) is 0. The summed E-state index contributed by atoms with van der Waals surface area (Å²) in [6, 6.07) is 0.205. The van der Waals surface area contributed by atoms with Crippen molar-refractivity contribution in [2.24, 2.45) is 0 Å². The summed E-state index contributed by atoms with van der Waals surface area (Å²) in [5.74, 6) is -5.29. The molecule has 7 heteroatoms. The lowest BCUT2D eigenvalue weighted by atomic mass is 10.1. The predicted octanol–water partition coefficient (Wildman–Crippen LogP) is 3.75. The van der Waals surface area contributed by atoms with E-state index in [9.17, 15) is 17.6 Å². The molecule has 2 aromatic rings. The van der Waals surface area contributed by atoms with Crippen LogP contribution >= 0.6 is 11.3 Å². The van der Waals surface area contributed by atoms with Crippen molar-refractivity contribution >= 4 is 16.5 Å². The Morgan fingerprint density at radius 3 is 2.30 bits per heavy atom. The number of benzene rings is 1. The SMILES string of the molecule is Nc1nc(C2CC2)c(Cc2c(F)c(F)cc(F)c2F)s1. The van der Waals surface area contributed by atoms with Gasteiger partial charge in [0.2, 0.25) is 0 Å². The third-order valence-corrected chi connectivity index (χ3v) is 4.15. The van der Waals surface area contributed by atoms with Crippen molar-refractivity contribution in [1.82, 2.24) is 4.98 Å². The van der Waals surface area contributed by atoms with Gasteiger partial charge in [-0.05, 0) is 12.8 Å². The molecule has 1 aromatic carbocycles. The van der Waals surface area contributed by atoms with Gasteiger partial charge >= 0.3 is 0 Å². The molecule has 3 rings (SSSR count). The van der Waals surface area contributed by atoms with Gasteiger partial charge in [0.1, 0.15) is 0 Å². The maximum absolute atomic E-state index is 13.7. The molecule has 0 unspecified atom stereocenters. The molecule has 0 amide bonds. The van der Waals surface area contributed by atoms with Gasteiger partial charge in [-0.1, -0.05) is 0 Å². The van der Waals surface area contributed by atoms with E-state index < -0.39 is 28.8 Å². The van der Waals surface area contributed by atoms with Crippen LogP contribution in [-0.2, 0) is 6.42 Å². The van der Waals surface area contributed by atoms with Crippen LogP contribution in [0.5, 0.6) is 0 Å². The van der Waals surface area contributed by atoms with E-state index >= 15 is 0 Å². The van der Waals surface area contributed by atoms with Crippen molar-refractivity contribution in [3.63, 3.8) is 0 Å². The molecule has 2 N–H and O–H groups in total. The quantitative estimate of drug-likeness (QED) is 0.693. The molecular weight excluding hydrogens is 292 g/mol. The number of nitrogens with zero attached hydrogens (tertiary/aromatic N) is 1. The zero-order valence-corrected chi connectivity index (χ0v) is 11.0. The van der Waals surface area contributed by atoms with E-state index in [1.165, 1.54) is 0 Å². The number of anilines is 1. The zero-order chi connectivity index (χ0) is 14.4. The van der Waals surface area contributed by atoms with Gasteiger partial charge in [0.15, 0.2) is 28.4 Å². The smallest absolute Gasteiger partial charge is 0.180 e. The average Bonchev–Trinajstić information content (AvgIpc) is 3.17. The molecule has 1 fully saturated rings. The molecule has 0 saturated heterocycles. The number of thiazole rings is 1. The van der Waals surface area contributed by atoms with Gasteiger partial charge in [0.25, 0.3) is 0 Å². The lowest BCUT2D eigenvalue weighted by Gasteiger charge is -2.06. The van der Waals surface area contributed by atoms with E-state index in [0.717, 1.165) is 24.2 Å². The van der Waals surface area contributed by atoms with Crippen molar-refractivity contribution in [2.75, 3.05) is 5.73 Å². The van der Waals surface area contributed by atoms with Crippen LogP contribution in [0.2, 0.25) is 0 Å². The van der Waals surface area contributed by atoms with E-state index in [1.807, 2.05) is 0 Å². The molecule has 0 spiro atoms. The second kappa shape index (κ2) is 4.73. The summed E-state index contributed by atoms with van der Waals surface area (Å²) in [5, 5.41) is 0.291. The minimum atomic E-state index is -1.40. The van der Waals surface area contributed by atoms with Crippen molar-refractivity contribution in [2.45, 2.75) is 25.2 Å². The van der Waals surface area contributed by atoms with E-state index in [0.29, 0.717) is 15.7 Å². The molecule has 0 aliphatic heterocycles. The molecular formula is C13H10F4N2S. The Morgan fingerprint density at radius 2 is 1.75 bits per heavy atom. The summed E-state index contributed by atoms with van der Waals surface area (Å²) >= 11 is 1.10. The van der Waals surface area contributed by atoms with Crippen LogP contribution in [0.25, 0.3) is 0 Å². The minimum absolute atomic E-state index is 0.205. The highest BCUT2D eigenvalue weighted by Crippen LogP contribution is 2.44. The average molecular weight is 302 g/mol. The van der Waals surface area contributed by atoms with E-state index in [4.69, 9.17) is 5.73 Å². The van der Waals surface area contributed by atoms with Gasteiger partial charge in [0.05, 0.1) is 5.69 Å². The predicted molar refractivity (Wildman–Crippen MR) is 67.6 cm³/mol. The van der Waals surface area contributed by atoms with Crippen LogP contribution < -0.4 is 5.73 Å². The molecule has 1 aromatic heterocycles. The summed E-state index contributed by atoms with van der Waals surface area (Å²) < 4.78 is 53.7. The zero-order valence-electron chi connectivity index (χ0n) is 10.2. The number of rotatable bonds is 3. The van der Waals surface area contributed by atoms with Gasteiger partial charge in [-0.2, -0.15) is 0 Å².